The van der Waals surface area contributed by atoms with E-state index in [0.717, 1.165) is 9.80 Å². The summed E-state index contributed by atoms with van der Waals surface area (Å²) in [7, 11) is 9.91. The van der Waals surface area contributed by atoms with Crippen molar-refractivity contribution in [2.24, 2.45) is 41.4 Å². The fraction of sp³-hybridized carbons (Fsp3) is 0.790. The first-order valence-corrected chi connectivity index (χ1v) is 30.6. The summed E-state index contributed by atoms with van der Waals surface area (Å²) in [6.07, 6.45) is 2.97. The van der Waals surface area contributed by atoms with Crippen molar-refractivity contribution in [1.29, 1.82) is 0 Å². The first-order valence-electron chi connectivity index (χ1n) is 30.6. The average molecular weight is 1200 g/mol. The number of carbonyl (C=O) groups is 11. The maximum absolute atomic E-state index is 15.1. The topological polar surface area (TPSA) is 279 Å². The number of hydrogen-bond donors (Lipinski definition) is 5. The Balaban J connectivity index is 4.34. The molecule has 85 heavy (non-hydrogen) atoms. The van der Waals surface area contributed by atoms with E-state index in [1.54, 1.807) is 81.4 Å². The van der Waals surface area contributed by atoms with Gasteiger partial charge in [0.2, 0.25) is 65.0 Å². The lowest BCUT2D eigenvalue weighted by Gasteiger charge is -2.41. The van der Waals surface area contributed by atoms with Gasteiger partial charge in [-0.2, -0.15) is 0 Å². The number of hydrogen-bond acceptors (Lipinski definition) is 12. The highest BCUT2D eigenvalue weighted by atomic mass is 16.3. The summed E-state index contributed by atoms with van der Waals surface area (Å²) in [6.45, 7) is 29.3. The number of nitrogens with one attached hydrogen (secondary N) is 4. The Bertz CT molecular complexity index is 2330. The zero-order valence-electron chi connectivity index (χ0n) is 56.1. The summed E-state index contributed by atoms with van der Waals surface area (Å²) in [6, 6.07) is -12.3. The van der Waals surface area contributed by atoms with Gasteiger partial charge in [0, 0.05) is 49.3 Å². The quantitative estimate of drug-likeness (QED) is 0.148. The summed E-state index contributed by atoms with van der Waals surface area (Å²) < 4.78 is 0. The largest absolute Gasteiger partial charge is 0.390 e. The van der Waals surface area contributed by atoms with Crippen LogP contribution >= 0.6 is 0 Å². The minimum Gasteiger partial charge on any atom is -0.390 e. The molecule has 23 nitrogen and oxygen atoms in total. The van der Waals surface area contributed by atoms with Crippen LogP contribution in [0.4, 0.5) is 0 Å². The van der Waals surface area contributed by atoms with E-state index in [2.05, 4.69) is 21.3 Å². The Morgan fingerprint density at radius 2 is 0.882 bits per heavy atom. The number of allylic oxidation sites excluding steroid dienone is 2. The van der Waals surface area contributed by atoms with Crippen LogP contribution in [-0.2, 0) is 52.7 Å². The van der Waals surface area contributed by atoms with Crippen molar-refractivity contribution >= 4 is 65.0 Å². The number of nitrogens with zero attached hydrogens (tertiary/aromatic N) is 7. The first-order chi connectivity index (χ1) is 39.3. The zero-order chi connectivity index (χ0) is 66.0. The molecule has 0 aromatic rings. The predicted molar refractivity (Wildman–Crippen MR) is 328 cm³/mol. The lowest BCUT2D eigenvalue weighted by atomic mass is 9.91. The molecule has 1 saturated heterocycles. The molecule has 0 aromatic heterocycles. The number of carbonyl (C=O) groups excluding carboxylic acids is 11. The third kappa shape index (κ3) is 21.1. The Hall–Kier alpha value is -6.13. The van der Waals surface area contributed by atoms with Crippen LogP contribution in [0.25, 0.3) is 0 Å². The maximum atomic E-state index is 15.1. The molecular weight excluding hydrogens is 1090 g/mol. The molecule has 1 rings (SSSR count). The maximum Gasteiger partial charge on any atom is 0.246 e. The minimum atomic E-state index is -1.61. The number of amides is 11. The van der Waals surface area contributed by atoms with E-state index < -0.39 is 162 Å². The van der Waals surface area contributed by atoms with Gasteiger partial charge in [-0.25, -0.2) is 0 Å². The SMILES string of the molecule is C/C=C/C[C@@H](C)[C@@H](O)[C@H]1C(=O)N[C@@H](CC)C(=O)N(C)CC(=O)N(C)[C@@H](C(C)C)C(=O)N[C@@H](C(C)C)C(=O)N(C)[C@@H](CC(C)C)C(=O)NC(CC)C(=O)N[C@H](C)C(=O)N(C)[C@@H](CC(C)C)C(=O)N(C)[C@H](CC(C)C)C(=O)N(C)[C@@H](C(C)C)C(=O)N1C. The Morgan fingerprint density at radius 3 is 1.33 bits per heavy atom. The van der Waals surface area contributed by atoms with Gasteiger partial charge < -0.3 is 60.7 Å². The van der Waals surface area contributed by atoms with E-state index in [0.29, 0.717) is 6.42 Å². The molecule has 0 radical (unpaired) electrons. The molecule has 0 aliphatic carbocycles. The standard InChI is InChI=1S/C62H111N11O12/c1-25-28-29-40(16)52(75)51-56(79)65-43(27-3)58(81)67(18)33-47(74)71(22)49(38(12)13)55(78)66-48(37(10)11)61(84)68(19)44(30-34(4)5)54(77)64-42(26-2)53(76)63-41(17)57(80)69(20)45(31-35(6)7)59(82)70(21)46(32-36(8)9)60(83)72(23)50(39(14)15)62(85)73(51)24/h25,28,34-46,48-52,75H,26-27,29-33H2,1-24H3,(H,63,76)(H,64,77)(H,65,79)(H,66,78)/b28-25+/t40-,41-,42?,43+,44+,45+,46-,48+,49+,50+,51+,52-/m1/s1. The Kier molecular flexibility index (Phi) is 31.5. The van der Waals surface area contributed by atoms with Crippen molar-refractivity contribution in [1.82, 2.24) is 55.6 Å². The molecule has 0 bridgehead atoms. The third-order valence-electron chi connectivity index (χ3n) is 16.2. The van der Waals surface area contributed by atoms with Crippen LogP contribution in [0.2, 0.25) is 0 Å². The lowest BCUT2D eigenvalue weighted by molar-refractivity contribution is -0.157. The van der Waals surface area contributed by atoms with Crippen LogP contribution in [0.5, 0.6) is 0 Å². The van der Waals surface area contributed by atoms with E-state index in [9.17, 15) is 48.3 Å². The van der Waals surface area contributed by atoms with Crippen molar-refractivity contribution < 1.29 is 57.8 Å². The monoisotopic (exact) mass is 1200 g/mol. The summed E-state index contributed by atoms with van der Waals surface area (Å²) >= 11 is 0. The van der Waals surface area contributed by atoms with Crippen LogP contribution in [-0.4, -0.2) is 227 Å². The molecular formula is C62H111N11O12. The van der Waals surface area contributed by atoms with Crippen LogP contribution < -0.4 is 21.3 Å². The van der Waals surface area contributed by atoms with Crippen LogP contribution in [0, 0.1) is 41.4 Å². The van der Waals surface area contributed by atoms with Gasteiger partial charge in [-0.1, -0.05) is 116 Å². The number of aliphatic hydroxyl groups is 1. The summed E-state index contributed by atoms with van der Waals surface area (Å²) in [5, 5.41) is 23.2. The molecule has 5 N–H and O–H groups in total. The van der Waals surface area contributed by atoms with Crippen LogP contribution in [0.3, 0.4) is 0 Å². The summed E-state index contributed by atoms with van der Waals surface area (Å²) in [5.41, 5.74) is 0. The third-order valence-corrected chi connectivity index (χ3v) is 16.2. The van der Waals surface area contributed by atoms with Crippen molar-refractivity contribution in [3.8, 4) is 0 Å². The smallest absolute Gasteiger partial charge is 0.246 e. The van der Waals surface area contributed by atoms with Crippen LogP contribution in [0.1, 0.15) is 156 Å². The van der Waals surface area contributed by atoms with Gasteiger partial charge in [0.05, 0.1) is 12.6 Å². The zero-order valence-corrected chi connectivity index (χ0v) is 56.1. The highest BCUT2D eigenvalue weighted by Gasteiger charge is 2.46. The predicted octanol–water partition coefficient (Wildman–Crippen LogP) is 3.27. The second kappa shape index (κ2) is 34.9. The average Bonchev–Trinajstić information content (AvgIpc) is 3.57. The van der Waals surface area contributed by atoms with E-state index in [4.69, 9.17) is 0 Å². The Labute approximate surface area is 508 Å². The van der Waals surface area contributed by atoms with Gasteiger partial charge in [-0.05, 0) is 93.8 Å². The molecule has 0 saturated carbocycles. The molecule has 23 heteroatoms. The number of likely N-dealkylation sites (N-methyl/N-ethyl adjacent to an activating group) is 7. The lowest BCUT2D eigenvalue weighted by Crippen LogP contribution is -2.63. The fourth-order valence-electron chi connectivity index (χ4n) is 10.9. The normalized spacial score (nSPS) is 26.9. The summed E-state index contributed by atoms with van der Waals surface area (Å²) in [5.74, 6) is -10.1. The van der Waals surface area contributed by atoms with Gasteiger partial charge in [-0.3, -0.25) is 52.7 Å². The highest BCUT2D eigenvalue weighted by molar-refractivity contribution is 5.99. The van der Waals surface area contributed by atoms with Crippen molar-refractivity contribution in [3.05, 3.63) is 12.2 Å². The molecule has 1 fully saturated rings. The molecule has 11 amide bonds. The van der Waals surface area contributed by atoms with Gasteiger partial charge in [0.1, 0.15) is 60.4 Å². The van der Waals surface area contributed by atoms with Gasteiger partial charge in [0.25, 0.3) is 0 Å². The van der Waals surface area contributed by atoms with Crippen molar-refractivity contribution in [2.75, 3.05) is 55.9 Å². The van der Waals surface area contributed by atoms with E-state index in [1.807, 2.05) is 41.5 Å². The Morgan fingerprint density at radius 1 is 0.459 bits per heavy atom. The molecule has 486 valence electrons. The van der Waals surface area contributed by atoms with Crippen LogP contribution in [0.15, 0.2) is 12.2 Å². The summed E-state index contributed by atoms with van der Waals surface area (Å²) in [4.78, 5) is 169. The molecule has 1 aliphatic heterocycles. The van der Waals surface area contributed by atoms with Gasteiger partial charge in [-0.15, -0.1) is 0 Å². The van der Waals surface area contributed by atoms with Gasteiger partial charge >= 0.3 is 0 Å². The van der Waals surface area contributed by atoms with E-state index in [1.165, 1.54) is 80.8 Å². The van der Waals surface area contributed by atoms with Crippen molar-refractivity contribution in [2.45, 2.75) is 223 Å². The first kappa shape index (κ1) is 76.9. The van der Waals surface area contributed by atoms with Gasteiger partial charge in [0.15, 0.2) is 0 Å². The molecule has 1 unspecified atom stereocenters. The highest BCUT2D eigenvalue weighted by Crippen LogP contribution is 2.26. The molecule has 0 aromatic carbocycles. The molecule has 1 aliphatic rings. The fourth-order valence-corrected chi connectivity index (χ4v) is 10.9. The molecule has 12 atom stereocenters. The number of aliphatic hydroxyl groups excluding tert-OH is 1. The second-order valence-corrected chi connectivity index (χ2v) is 25.9. The minimum absolute atomic E-state index is 0.0217. The van der Waals surface area contributed by atoms with E-state index >= 15 is 9.59 Å². The second-order valence-electron chi connectivity index (χ2n) is 25.9. The molecule has 0 spiro atoms. The van der Waals surface area contributed by atoms with E-state index in [-0.39, 0.29) is 49.9 Å². The number of rotatable bonds is 15. The van der Waals surface area contributed by atoms with Crippen molar-refractivity contribution in [3.63, 3.8) is 0 Å². The molecule has 1 heterocycles.